The predicted molar refractivity (Wildman–Crippen MR) is 89.8 cm³/mol. The lowest BCUT2D eigenvalue weighted by molar-refractivity contribution is -0.138. The van der Waals surface area contributed by atoms with Crippen molar-refractivity contribution in [3.63, 3.8) is 0 Å². The van der Waals surface area contributed by atoms with E-state index in [1.165, 1.54) is 48.0 Å². The number of carbonyl (C=O) groups excluding carboxylic acids is 1. The van der Waals surface area contributed by atoms with Crippen molar-refractivity contribution in [2.45, 2.75) is 19.6 Å². The van der Waals surface area contributed by atoms with Crippen LogP contribution in [-0.2, 0) is 17.5 Å². The van der Waals surface area contributed by atoms with E-state index in [4.69, 9.17) is 4.74 Å². The summed E-state index contributed by atoms with van der Waals surface area (Å²) in [5, 5.41) is 10.3. The molecule has 1 aromatic carbocycles. The fourth-order valence-electron chi connectivity index (χ4n) is 2.86. The highest BCUT2D eigenvalue weighted by Gasteiger charge is 2.33. The van der Waals surface area contributed by atoms with Crippen LogP contribution >= 0.6 is 0 Å². The van der Waals surface area contributed by atoms with E-state index < -0.39 is 41.1 Å². The molecule has 0 fully saturated rings. The molecule has 0 atom stereocenters. The quantitative estimate of drug-likeness (QED) is 0.706. The van der Waals surface area contributed by atoms with Gasteiger partial charge in [0.2, 0.25) is 0 Å². The van der Waals surface area contributed by atoms with Gasteiger partial charge in [0.15, 0.2) is 11.3 Å². The summed E-state index contributed by atoms with van der Waals surface area (Å²) in [6.07, 6.45) is -3.20. The number of hydrogen-bond donors (Lipinski definition) is 1. The molecule has 142 valence electrons. The van der Waals surface area contributed by atoms with Gasteiger partial charge in [-0.1, -0.05) is 18.2 Å². The number of carbonyl (C=O) groups is 1. The second-order valence-corrected chi connectivity index (χ2v) is 5.70. The lowest BCUT2D eigenvalue weighted by Gasteiger charge is -2.17. The molecule has 0 unspecified atom stereocenters. The number of aromatic hydroxyl groups is 1. The SMILES string of the molecule is CCOC(=O)c1c(O)c2cccn2n(Cc2ccccc2C(F)(F)F)c1=O. The molecule has 2 aromatic heterocycles. The van der Waals surface area contributed by atoms with E-state index in [1.54, 1.807) is 0 Å². The van der Waals surface area contributed by atoms with Crippen LogP contribution in [0.15, 0.2) is 47.4 Å². The molecule has 0 aliphatic heterocycles. The first-order valence-electron chi connectivity index (χ1n) is 8.01. The van der Waals surface area contributed by atoms with Crippen LogP contribution < -0.4 is 5.56 Å². The molecule has 27 heavy (non-hydrogen) atoms. The minimum atomic E-state index is -4.60. The van der Waals surface area contributed by atoms with Crippen LogP contribution in [0, 0.1) is 0 Å². The number of rotatable bonds is 4. The number of esters is 1. The molecular weight excluding hydrogens is 365 g/mol. The van der Waals surface area contributed by atoms with Crippen LogP contribution in [0.2, 0.25) is 0 Å². The maximum atomic E-state index is 13.3. The van der Waals surface area contributed by atoms with Gasteiger partial charge in [-0.05, 0) is 30.7 Å². The number of nitrogens with zero attached hydrogens (tertiary/aromatic N) is 2. The summed E-state index contributed by atoms with van der Waals surface area (Å²) in [5.41, 5.74) is -2.51. The number of hydrogen-bond acceptors (Lipinski definition) is 4. The summed E-state index contributed by atoms with van der Waals surface area (Å²) >= 11 is 0. The molecule has 9 heteroatoms. The summed E-state index contributed by atoms with van der Waals surface area (Å²) in [5.74, 6) is -1.62. The number of ether oxygens (including phenoxy) is 1. The van der Waals surface area contributed by atoms with Gasteiger partial charge in [0, 0.05) is 6.20 Å². The first-order valence-corrected chi connectivity index (χ1v) is 8.01. The predicted octanol–water partition coefficient (Wildman–Crippen LogP) is 3.05. The highest BCUT2D eigenvalue weighted by Crippen LogP contribution is 2.32. The van der Waals surface area contributed by atoms with Crippen LogP contribution in [0.4, 0.5) is 13.2 Å². The minimum Gasteiger partial charge on any atom is -0.505 e. The normalized spacial score (nSPS) is 11.7. The molecule has 0 saturated carbocycles. The van der Waals surface area contributed by atoms with Gasteiger partial charge in [0.1, 0.15) is 5.52 Å². The van der Waals surface area contributed by atoms with Gasteiger partial charge in [0.05, 0.1) is 18.7 Å². The fraction of sp³-hybridized carbons (Fsp3) is 0.222. The van der Waals surface area contributed by atoms with Crippen molar-refractivity contribution in [2.24, 2.45) is 0 Å². The number of aromatic nitrogens is 2. The van der Waals surface area contributed by atoms with Gasteiger partial charge in [-0.3, -0.25) is 9.31 Å². The Morgan fingerprint density at radius 1 is 1.19 bits per heavy atom. The van der Waals surface area contributed by atoms with Crippen molar-refractivity contribution in [2.75, 3.05) is 6.61 Å². The van der Waals surface area contributed by atoms with Crippen LogP contribution in [0.25, 0.3) is 5.52 Å². The molecule has 0 aliphatic rings. The van der Waals surface area contributed by atoms with Crippen LogP contribution in [-0.4, -0.2) is 26.9 Å². The standard InChI is InChI=1S/C18H15F3N2O4/c1-2-27-17(26)14-15(24)13-8-5-9-22(13)23(16(14)25)10-11-6-3-4-7-12(11)18(19,20)21/h3-9,24H,2,10H2,1H3. The summed E-state index contributed by atoms with van der Waals surface area (Å²) in [7, 11) is 0. The number of alkyl halides is 3. The van der Waals surface area contributed by atoms with E-state index in [9.17, 15) is 27.9 Å². The molecule has 3 rings (SSSR count). The van der Waals surface area contributed by atoms with Crippen LogP contribution in [0.3, 0.4) is 0 Å². The van der Waals surface area contributed by atoms with Gasteiger partial charge in [-0.15, -0.1) is 0 Å². The van der Waals surface area contributed by atoms with E-state index in [2.05, 4.69) is 0 Å². The smallest absolute Gasteiger partial charge is 0.416 e. The van der Waals surface area contributed by atoms with Gasteiger partial charge >= 0.3 is 12.1 Å². The van der Waals surface area contributed by atoms with E-state index in [1.807, 2.05) is 0 Å². The van der Waals surface area contributed by atoms with Crippen molar-refractivity contribution < 1.29 is 27.8 Å². The Morgan fingerprint density at radius 3 is 2.56 bits per heavy atom. The van der Waals surface area contributed by atoms with Gasteiger partial charge in [0.25, 0.3) is 5.56 Å². The van der Waals surface area contributed by atoms with E-state index in [0.717, 1.165) is 10.7 Å². The monoisotopic (exact) mass is 380 g/mol. The number of fused-ring (bicyclic) bond motifs is 1. The lowest BCUT2D eigenvalue weighted by atomic mass is 10.1. The third-order valence-corrected chi connectivity index (χ3v) is 4.04. The van der Waals surface area contributed by atoms with Crippen molar-refractivity contribution >= 4 is 11.5 Å². The zero-order valence-corrected chi connectivity index (χ0v) is 14.2. The zero-order chi connectivity index (χ0) is 19.8. The van der Waals surface area contributed by atoms with E-state index in [-0.39, 0.29) is 17.7 Å². The number of halogens is 3. The van der Waals surface area contributed by atoms with Crippen molar-refractivity contribution in [1.82, 2.24) is 9.20 Å². The second-order valence-electron chi connectivity index (χ2n) is 5.70. The Balaban J connectivity index is 2.23. The van der Waals surface area contributed by atoms with E-state index in [0.29, 0.717) is 0 Å². The molecule has 2 heterocycles. The Bertz CT molecular complexity index is 1070. The molecule has 0 bridgehead atoms. The molecule has 6 nitrogen and oxygen atoms in total. The molecule has 0 radical (unpaired) electrons. The van der Waals surface area contributed by atoms with Crippen molar-refractivity contribution in [1.29, 1.82) is 0 Å². The minimum absolute atomic E-state index is 0.0270. The largest absolute Gasteiger partial charge is 0.505 e. The Kier molecular flexibility index (Phi) is 4.69. The average Bonchev–Trinajstić information content (AvgIpc) is 3.08. The maximum Gasteiger partial charge on any atom is 0.416 e. The van der Waals surface area contributed by atoms with Crippen LogP contribution in [0.5, 0.6) is 5.75 Å². The van der Waals surface area contributed by atoms with Gasteiger partial charge in [-0.2, -0.15) is 13.2 Å². The maximum absolute atomic E-state index is 13.3. The third-order valence-electron chi connectivity index (χ3n) is 4.04. The summed E-state index contributed by atoms with van der Waals surface area (Å²) in [6, 6.07) is 7.77. The average molecular weight is 380 g/mol. The Morgan fingerprint density at radius 2 is 1.89 bits per heavy atom. The molecule has 1 N–H and O–H groups in total. The first-order chi connectivity index (χ1) is 12.8. The first kappa shape index (κ1) is 18.6. The fourth-order valence-corrected chi connectivity index (χ4v) is 2.86. The van der Waals surface area contributed by atoms with Gasteiger partial charge in [-0.25, -0.2) is 9.48 Å². The van der Waals surface area contributed by atoms with Crippen molar-refractivity contribution in [3.8, 4) is 5.75 Å². The lowest BCUT2D eigenvalue weighted by Crippen LogP contribution is -2.32. The molecule has 0 aliphatic carbocycles. The summed E-state index contributed by atoms with van der Waals surface area (Å²) < 4.78 is 46.8. The molecule has 0 saturated heterocycles. The molecule has 0 spiro atoms. The van der Waals surface area contributed by atoms with Gasteiger partial charge < -0.3 is 9.84 Å². The number of benzene rings is 1. The highest BCUT2D eigenvalue weighted by molar-refractivity contribution is 5.94. The summed E-state index contributed by atoms with van der Waals surface area (Å²) in [4.78, 5) is 24.9. The summed E-state index contributed by atoms with van der Waals surface area (Å²) in [6.45, 7) is 1.05. The Labute approximate surface area is 151 Å². The zero-order valence-electron chi connectivity index (χ0n) is 14.2. The molecular formula is C18H15F3N2O4. The third kappa shape index (κ3) is 3.27. The topological polar surface area (TPSA) is 72.9 Å². The highest BCUT2D eigenvalue weighted by atomic mass is 19.4. The van der Waals surface area contributed by atoms with Crippen LogP contribution in [0.1, 0.15) is 28.4 Å². The molecule has 3 aromatic rings. The van der Waals surface area contributed by atoms with E-state index >= 15 is 0 Å². The Hall–Kier alpha value is -3.23. The second kappa shape index (κ2) is 6.82. The van der Waals surface area contributed by atoms with Crippen molar-refractivity contribution in [3.05, 3.63) is 69.6 Å². The molecule has 0 amide bonds.